The molecule has 3 rings (SSSR count). The molecule has 8 nitrogen and oxygen atoms in total. The topological polar surface area (TPSA) is 118 Å². The average molecular weight is 480 g/mol. The van der Waals surface area contributed by atoms with E-state index in [1.807, 2.05) is 37.3 Å². The number of esters is 1. The van der Waals surface area contributed by atoms with Crippen molar-refractivity contribution in [1.82, 2.24) is 10.6 Å². The number of nitriles is 1. The number of hydrogen-bond acceptors (Lipinski definition) is 7. The number of carbonyl (C=O) groups is 3. The first-order valence-corrected chi connectivity index (χ1v) is 11.7. The van der Waals surface area contributed by atoms with E-state index in [2.05, 4.69) is 16.7 Å². The molecule has 0 aliphatic carbocycles. The first-order chi connectivity index (χ1) is 16.5. The Bertz CT molecular complexity index is 1110. The smallest absolute Gasteiger partial charge is 0.319 e. The van der Waals surface area contributed by atoms with Gasteiger partial charge in [-0.1, -0.05) is 54.2 Å². The first-order valence-electron chi connectivity index (χ1n) is 10.7. The lowest BCUT2D eigenvalue weighted by molar-refractivity contribution is -0.150. The van der Waals surface area contributed by atoms with E-state index in [9.17, 15) is 19.6 Å². The van der Waals surface area contributed by atoms with Gasteiger partial charge in [-0.3, -0.25) is 14.4 Å². The molecule has 9 heteroatoms. The Kier molecular flexibility index (Phi) is 8.71. The molecule has 0 bridgehead atoms. The van der Waals surface area contributed by atoms with Gasteiger partial charge in [-0.25, -0.2) is 0 Å². The summed E-state index contributed by atoms with van der Waals surface area (Å²) >= 11 is 1.04. The van der Waals surface area contributed by atoms with E-state index in [-0.39, 0.29) is 22.3 Å². The number of methoxy groups -OCH3 is 1. The van der Waals surface area contributed by atoms with Crippen molar-refractivity contribution in [1.29, 1.82) is 5.26 Å². The van der Waals surface area contributed by atoms with Crippen molar-refractivity contribution in [3.63, 3.8) is 0 Å². The molecule has 2 aromatic rings. The molecule has 0 saturated carbocycles. The van der Waals surface area contributed by atoms with Gasteiger partial charge >= 0.3 is 5.97 Å². The predicted octanol–water partition coefficient (Wildman–Crippen LogP) is 2.87. The van der Waals surface area contributed by atoms with Gasteiger partial charge in [0.05, 0.1) is 36.1 Å². The van der Waals surface area contributed by atoms with Gasteiger partial charge in [-0.2, -0.15) is 5.26 Å². The number of rotatable bonds is 9. The van der Waals surface area contributed by atoms with Gasteiger partial charge in [0.2, 0.25) is 11.8 Å². The minimum Gasteiger partial charge on any atom is -0.494 e. The van der Waals surface area contributed by atoms with Crippen LogP contribution >= 0.6 is 11.8 Å². The number of carbonyl (C=O) groups excluding carboxylic acids is 3. The van der Waals surface area contributed by atoms with Crippen molar-refractivity contribution < 1.29 is 23.9 Å². The fraction of sp³-hybridized carbons (Fsp3) is 0.280. The molecule has 176 valence electrons. The molecule has 2 N–H and O–H groups in total. The van der Waals surface area contributed by atoms with E-state index in [4.69, 9.17) is 9.47 Å². The molecule has 0 aromatic heterocycles. The van der Waals surface area contributed by atoms with Gasteiger partial charge in [0.15, 0.2) is 0 Å². The van der Waals surface area contributed by atoms with Crippen molar-refractivity contribution in [2.24, 2.45) is 5.92 Å². The van der Waals surface area contributed by atoms with Crippen LogP contribution in [0.25, 0.3) is 0 Å². The van der Waals surface area contributed by atoms with E-state index in [0.717, 1.165) is 17.3 Å². The van der Waals surface area contributed by atoms with Gasteiger partial charge in [0.1, 0.15) is 11.7 Å². The molecule has 0 spiro atoms. The number of allylic oxidation sites excluding steroid dienone is 1. The maximum Gasteiger partial charge on any atom is 0.319 e. The average Bonchev–Trinajstić information content (AvgIpc) is 2.86. The third-order valence-electron chi connectivity index (χ3n) is 5.21. The number of nitrogens with zero attached hydrogens (tertiary/aromatic N) is 1. The van der Waals surface area contributed by atoms with Gasteiger partial charge in [0.25, 0.3) is 0 Å². The molecule has 1 aliphatic heterocycles. The van der Waals surface area contributed by atoms with Crippen LogP contribution in [-0.4, -0.2) is 37.3 Å². The van der Waals surface area contributed by atoms with Crippen molar-refractivity contribution in [3.8, 4) is 11.8 Å². The number of nitrogens with one attached hydrogen (secondary N) is 2. The van der Waals surface area contributed by atoms with Crippen LogP contribution in [0.15, 0.2) is 65.2 Å². The minimum atomic E-state index is -1.23. The summed E-state index contributed by atoms with van der Waals surface area (Å²) in [7, 11) is 1.20. The molecular formula is C25H25N3O5S. The highest BCUT2D eigenvalue weighted by molar-refractivity contribution is 8.03. The van der Waals surface area contributed by atoms with E-state index < -0.39 is 23.7 Å². The lowest BCUT2D eigenvalue weighted by Crippen LogP contribution is -2.44. The van der Waals surface area contributed by atoms with Crippen molar-refractivity contribution in [3.05, 3.63) is 76.3 Å². The monoisotopic (exact) mass is 479 g/mol. The van der Waals surface area contributed by atoms with E-state index in [0.29, 0.717) is 24.5 Å². The second kappa shape index (κ2) is 11.9. The molecular weight excluding hydrogens is 454 g/mol. The number of benzene rings is 2. The van der Waals surface area contributed by atoms with E-state index >= 15 is 0 Å². The van der Waals surface area contributed by atoms with Crippen LogP contribution in [0.2, 0.25) is 0 Å². The van der Waals surface area contributed by atoms with Gasteiger partial charge < -0.3 is 20.1 Å². The Hall–Kier alpha value is -3.77. The summed E-state index contributed by atoms with van der Waals surface area (Å²) in [6, 6.07) is 18.5. The van der Waals surface area contributed by atoms with Crippen LogP contribution in [-0.2, 0) is 25.7 Å². The Balaban J connectivity index is 1.83. The van der Waals surface area contributed by atoms with Crippen molar-refractivity contribution in [2.45, 2.75) is 19.4 Å². The van der Waals surface area contributed by atoms with Crippen LogP contribution in [0.1, 0.15) is 24.0 Å². The maximum atomic E-state index is 12.9. The summed E-state index contributed by atoms with van der Waals surface area (Å²) in [4.78, 5) is 37.7. The van der Waals surface area contributed by atoms with E-state index in [1.165, 1.54) is 7.11 Å². The van der Waals surface area contributed by atoms with E-state index in [1.54, 1.807) is 24.3 Å². The third-order valence-corrected chi connectivity index (χ3v) is 6.23. The SMILES string of the molecule is CCOc1ccc(C2C(C#N)=C(SCC(=O)NCc3ccccc3)NC(=O)C2C(=O)OC)cc1. The highest BCUT2D eigenvalue weighted by Gasteiger charge is 2.44. The number of hydrogen-bond donors (Lipinski definition) is 2. The summed E-state index contributed by atoms with van der Waals surface area (Å²) in [5.74, 6) is -3.03. The summed E-state index contributed by atoms with van der Waals surface area (Å²) in [5.41, 5.74) is 1.75. The molecule has 2 amide bonds. The summed E-state index contributed by atoms with van der Waals surface area (Å²) in [5, 5.41) is 15.6. The molecule has 2 atom stereocenters. The van der Waals surface area contributed by atoms with Crippen LogP contribution in [0.4, 0.5) is 0 Å². The molecule has 0 saturated heterocycles. The minimum absolute atomic E-state index is 0.00742. The normalized spacial score (nSPS) is 17.4. The van der Waals surface area contributed by atoms with Crippen LogP contribution in [0, 0.1) is 17.2 Å². The Morgan fingerprint density at radius 1 is 1.15 bits per heavy atom. The highest BCUT2D eigenvalue weighted by Crippen LogP contribution is 2.40. The summed E-state index contributed by atoms with van der Waals surface area (Å²) < 4.78 is 10.3. The molecule has 1 heterocycles. The number of thioether (sulfide) groups is 1. The van der Waals surface area contributed by atoms with Crippen LogP contribution in [0.5, 0.6) is 5.75 Å². The Morgan fingerprint density at radius 2 is 1.85 bits per heavy atom. The Morgan fingerprint density at radius 3 is 2.47 bits per heavy atom. The summed E-state index contributed by atoms with van der Waals surface area (Å²) in [6.07, 6.45) is 0. The number of amides is 2. The lowest BCUT2D eigenvalue weighted by Gasteiger charge is -2.31. The molecule has 0 radical (unpaired) electrons. The molecule has 1 aliphatic rings. The highest BCUT2D eigenvalue weighted by atomic mass is 32.2. The third kappa shape index (κ3) is 5.97. The fourth-order valence-electron chi connectivity index (χ4n) is 3.60. The quantitative estimate of drug-likeness (QED) is 0.419. The van der Waals surface area contributed by atoms with Gasteiger partial charge in [-0.15, -0.1) is 0 Å². The zero-order chi connectivity index (χ0) is 24.5. The van der Waals surface area contributed by atoms with Gasteiger partial charge in [0, 0.05) is 12.5 Å². The fourth-order valence-corrected chi connectivity index (χ4v) is 4.48. The van der Waals surface area contributed by atoms with Crippen molar-refractivity contribution >= 4 is 29.5 Å². The summed E-state index contributed by atoms with van der Waals surface area (Å²) in [6.45, 7) is 2.73. The standard InChI is InChI=1S/C25H25N3O5S/c1-3-33-18-11-9-17(10-12-18)21-19(13-26)24(28-23(30)22(21)25(31)32-2)34-15-20(29)27-14-16-7-5-4-6-8-16/h4-12,21-22H,3,14-15H2,1-2H3,(H,27,29)(H,28,30). The maximum absolute atomic E-state index is 12.9. The first kappa shape index (κ1) is 24.9. The zero-order valence-corrected chi connectivity index (χ0v) is 19.7. The van der Waals surface area contributed by atoms with Gasteiger partial charge in [-0.05, 0) is 30.2 Å². The molecule has 2 aromatic carbocycles. The number of ether oxygens (including phenoxy) is 2. The predicted molar refractivity (Wildman–Crippen MR) is 127 cm³/mol. The van der Waals surface area contributed by atoms with Crippen LogP contribution in [0.3, 0.4) is 0 Å². The molecule has 2 unspecified atom stereocenters. The largest absolute Gasteiger partial charge is 0.494 e. The van der Waals surface area contributed by atoms with Crippen LogP contribution < -0.4 is 15.4 Å². The lowest BCUT2D eigenvalue weighted by atomic mass is 9.78. The van der Waals surface area contributed by atoms with Crippen molar-refractivity contribution in [2.75, 3.05) is 19.5 Å². The Labute approximate surface area is 202 Å². The zero-order valence-electron chi connectivity index (χ0n) is 18.9. The molecule has 0 fully saturated rings. The second-order valence-electron chi connectivity index (χ2n) is 7.38. The second-order valence-corrected chi connectivity index (χ2v) is 8.36. The molecule has 34 heavy (non-hydrogen) atoms.